The zero-order valence-electron chi connectivity index (χ0n) is 16.9. The number of likely N-dealkylation sites (tertiary alicyclic amines) is 1. The standard InChI is InChI=1S/C22H33N3O2/c1-22(2,3)14-19(18-8-5-11-23-15-18)24-20(26)16-9-12-25(13-10-16)21(27)17-6-4-7-17/h5,8,11,15-17,19H,4,6-7,9-10,12-14H2,1-3H3,(H,24,26). The lowest BCUT2D eigenvalue weighted by molar-refractivity contribution is -0.141. The highest BCUT2D eigenvalue weighted by Gasteiger charge is 2.34. The molecule has 3 rings (SSSR count). The second-order valence-corrected chi connectivity index (χ2v) is 9.34. The van der Waals surface area contributed by atoms with Crippen LogP contribution in [-0.4, -0.2) is 34.8 Å². The molecule has 2 heterocycles. The van der Waals surface area contributed by atoms with E-state index in [0.717, 1.165) is 37.7 Å². The number of aromatic nitrogens is 1. The van der Waals surface area contributed by atoms with Gasteiger partial charge in [0.25, 0.3) is 0 Å². The molecule has 1 N–H and O–H groups in total. The van der Waals surface area contributed by atoms with Gasteiger partial charge >= 0.3 is 0 Å². The molecule has 2 aliphatic rings. The van der Waals surface area contributed by atoms with Crippen molar-refractivity contribution in [2.75, 3.05) is 13.1 Å². The largest absolute Gasteiger partial charge is 0.349 e. The van der Waals surface area contributed by atoms with E-state index < -0.39 is 0 Å². The Hall–Kier alpha value is -1.91. The van der Waals surface area contributed by atoms with E-state index in [2.05, 4.69) is 31.1 Å². The third-order valence-electron chi connectivity index (χ3n) is 5.85. The van der Waals surface area contributed by atoms with Gasteiger partial charge in [-0.3, -0.25) is 14.6 Å². The average Bonchev–Trinajstić information content (AvgIpc) is 2.59. The Morgan fingerprint density at radius 3 is 2.41 bits per heavy atom. The summed E-state index contributed by atoms with van der Waals surface area (Å²) in [6.07, 6.45) is 9.25. The van der Waals surface area contributed by atoms with Crippen LogP contribution in [0.1, 0.15) is 70.9 Å². The number of hydrogen-bond donors (Lipinski definition) is 1. The molecule has 0 bridgehead atoms. The maximum atomic E-state index is 12.9. The maximum Gasteiger partial charge on any atom is 0.225 e. The summed E-state index contributed by atoms with van der Waals surface area (Å²) in [5.74, 6) is 0.664. The van der Waals surface area contributed by atoms with E-state index in [1.165, 1.54) is 6.42 Å². The first-order chi connectivity index (χ1) is 12.8. The molecule has 0 radical (unpaired) electrons. The minimum absolute atomic E-state index is 0.00502. The third-order valence-corrected chi connectivity index (χ3v) is 5.85. The number of carbonyl (C=O) groups excluding carboxylic acids is 2. The zero-order chi connectivity index (χ0) is 19.4. The first-order valence-corrected chi connectivity index (χ1v) is 10.3. The molecule has 5 nitrogen and oxygen atoms in total. The van der Waals surface area contributed by atoms with Crippen LogP contribution in [0.5, 0.6) is 0 Å². The number of carbonyl (C=O) groups is 2. The molecule has 148 valence electrons. The van der Waals surface area contributed by atoms with E-state index in [-0.39, 0.29) is 29.2 Å². The second kappa shape index (κ2) is 8.41. The van der Waals surface area contributed by atoms with Gasteiger partial charge < -0.3 is 10.2 Å². The first-order valence-electron chi connectivity index (χ1n) is 10.3. The molecule has 1 saturated heterocycles. The van der Waals surface area contributed by atoms with Gasteiger partial charge in [0.05, 0.1) is 6.04 Å². The molecular formula is C22H33N3O2. The van der Waals surface area contributed by atoms with Crippen molar-refractivity contribution in [3.8, 4) is 0 Å². The van der Waals surface area contributed by atoms with E-state index in [1.54, 1.807) is 6.20 Å². The van der Waals surface area contributed by atoms with E-state index in [4.69, 9.17) is 0 Å². The summed E-state index contributed by atoms with van der Waals surface area (Å²) in [7, 11) is 0. The van der Waals surface area contributed by atoms with Crippen molar-refractivity contribution in [2.45, 2.75) is 65.3 Å². The molecule has 1 atom stereocenters. The van der Waals surface area contributed by atoms with Gasteiger partial charge in [-0.2, -0.15) is 0 Å². The Morgan fingerprint density at radius 1 is 1.19 bits per heavy atom. The van der Waals surface area contributed by atoms with Crippen LogP contribution in [-0.2, 0) is 9.59 Å². The summed E-state index contributed by atoms with van der Waals surface area (Å²) in [5, 5.41) is 3.27. The first kappa shape index (κ1) is 19.8. The second-order valence-electron chi connectivity index (χ2n) is 9.34. The number of hydrogen-bond acceptors (Lipinski definition) is 3. The van der Waals surface area contributed by atoms with Gasteiger partial charge in [-0.15, -0.1) is 0 Å². The monoisotopic (exact) mass is 371 g/mol. The van der Waals surface area contributed by atoms with Gasteiger partial charge in [-0.1, -0.05) is 33.3 Å². The molecule has 1 aliphatic heterocycles. The molecule has 1 aromatic rings. The molecule has 1 aliphatic carbocycles. The molecule has 1 aromatic heterocycles. The van der Waals surface area contributed by atoms with Gasteiger partial charge in [-0.25, -0.2) is 0 Å². The molecule has 5 heteroatoms. The van der Waals surface area contributed by atoms with E-state index in [9.17, 15) is 9.59 Å². The van der Waals surface area contributed by atoms with Gasteiger partial charge in [0.15, 0.2) is 0 Å². The molecule has 0 aromatic carbocycles. The smallest absolute Gasteiger partial charge is 0.225 e. The fourth-order valence-electron chi connectivity index (χ4n) is 4.01. The van der Waals surface area contributed by atoms with E-state index >= 15 is 0 Å². The number of amides is 2. The lowest BCUT2D eigenvalue weighted by Gasteiger charge is -2.36. The highest BCUT2D eigenvalue weighted by molar-refractivity contribution is 5.81. The molecule has 1 unspecified atom stereocenters. The van der Waals surface area contributed by atoms with Gasteiger partial charge in [0.2, 0.25) is 11.8 Å². The summed E-state index contributed by atoms with van der Waals surface area (Å²) >= 11 is 0. The molecular weight excluding hydrogens is 338 g/mol. The number of pyridine rings is 1. The van der Waals surface area contributed by atoms with Crippen LogP contribution in [0.15, 0.2) is 24.5 Å². The zero-order valence-corrected chi connectivity index (χ0v) is 16.9. The highest BCUT2D eigenvalue weighted by Crippen LogP contribution is 2.32. The number of rotatable bonds is 5. The van der Waals surface area contributed by atoms with Crippen molar-refractivity contribution >= 4 is 11.8 Å². The minimum atomic E-state index is -0.0270. The number of nitrogens with zero attached hydrogens (tertiary/aromatic N) is 2. The van der Waals surface area contributed by atoms with Gasteiger partial charge in [0.1, 0.15) is 0 Å². The van der Waals surface area contributed by atoms with Crippen molar-refractivity contribution in [1.29, 1.82) is 0 Å². The quantitative estimate of drug-likeness (QED) is 0.858. The lowest BCUT2D eigenvalue weighted by atomic mass is 9.83. The number of nitrogens with one attached hydrogen (secondary N) is 1. The van der Waals surface area contributed by atoms with Crippen molar-refractivity contribution in [3.63, 3.8) is 0 Å². The van der Waals surface area contributed by atoms with E-state index in [1.807, 2.05) is 23.2 Å². The van der Waals surface area contributed by atoms with Crippen LogP contribution in [0, 0.1) is 17.3 Å². The van der Waals surface area contributed by atoms with Crippen molar-refractivity contribution < 1.29 is 9.59 Å². The van der Waals surface area contributed by atoms with Crippen molar-refractivity contribution in [2.24, 2.45) is 17.3 Å². The summed E-state index contributed by atoms with van der Waals surface area (Å²) in [4.78, 5) is 31.5. The normalized spacial score (nSPS) is 20.0. The predicted octanol–water partition coefficient (Wildman–Crippen LogP) is 3.71. The van der Waals surface area contributed by atoms with Crippen LogP contribution in [0.3, 0.4) is 0 Å². The molecule has 27 heavy (non-hydrogen) atoms. The van der Waals surface area contributed by atoms with Gasteiger partial charge in [-0.05, 0) is 49.1 Å². The van der Waals surface area contributed by atoms with Crippen LogP contribution in [0.4, 0.5) is 0 Å². The molecule has 0 spiro atoms. The summed E-state index contributed by atoms with van der Waals surface area (Å²) in [6, 6.07) is 3.92. The number of piperidine rings is 1. The Morgan fingerprint density at radius 2 is 1.89 bits per heavy atom. The highest BCUT2D eigenvalue weighted by atomic mass is 16.2. The predicted molar refractivity (Wildman–Crippen MR) is 106 cm³/mol. The average molecular weight is 372 g/mol. The van der Waals surface area contributed by atoms with Gasteiger partial charge in [0, 0.05) is 37.3 Å². The summed E-state index contributed by atoms with van der Waals surface area (Å²) in [6.45, 7) is 7.99. The Kier molecular flexibility index (Phi) is 6.18. The molecule has 2 amide bonds. The van der Waals surface area contributed by atoms with Crippen LogP contribution >= 0.6 is 0 Å². The SMILES string of the molecule is CC(C)(C)CC(NC(=O)C1CCN(C(=O)C2CCC2)CC1)c1cccnc1. The molecule has 2 fully saturated rings. The van der Waals surface area contributed by atoms with Crippen LogP contribution in [0.25, 0.3) is 0 Å². The third kappa shape index (κ3) is 5.30. The fraction of sp³-hybridized carbons (Fsp3) is 0.682. The van der Waals surface area contributed by atoms with Crippen LogP contribution < -0.4 is 5.32 Å². The van der Waals surface area contributed by atoms with Crippen LogP contribution in [0.2, 0.25) is 0 Å². The Labute approximate surface area is 162 Å². The Balaban J connectivity index is 1.57. The summed E-state index contributed by atoms with van der Waals surface area (Å²) in [5.41, 5.74) is 1.16. The van der Waals surface area contributed by atoms with E-state index in [0.29, 0.717) is 19.0 Å². The van der Waals surface area contributed by atoms with Crippen molar-refractivity contribution in [1.82, 2.24) is 15.2 Å². The Bertz CT molecular complexity index is 641. The topological polar surface area (TPSA) is 62.3 Å². The fourth-order valence-corrected chi connectivity index (χ4v) is 4.01. The molecule has 1 saturated carbocycles. The minimum Gasteiger partial charge on any atom is -0.349 e. The maximum absolute atomic E-state index is 12.9. The lowest BCUT2D eigenvalue weighted by Crippen LogP contribution is -2.46. The summed E-state index contributed by atoms with van der Waals surface area (Å²) < 4.78 is 0. The van der Waals surface area contributed by atoms with Crippen molar-refractivity contribution in [3.05, 3.63) is 30.1 Å².